The molecule has 0 bridgehead atoms. The fourth-order valence-corrected chi connectivity index (χ4v) is 3.60. The lowest BCUT2D eigenvalue weighted by molar-refractivity contribution is -0.137. The first kappa shape index (κ1) is 18.6. The molecule has 28 heavy (non-hydrogen) atoms. The van der Waals surface area contributed by atoms with Crippen LogP contribution in [-0.4, -0.2) is 18.1 Å². The largest absolute Gasteiger partial charge is 0.489 e. The van der Waals surface area contributed by atoms with Gasteiger partial charge in [-0.15, -0.1) is 0 Å². The Morgan fingerprint density at radius 1 is 1.00 bits per heavy atom. The zero-order chi connectivity index (χ0) is 19.7. The van der Waals surface area contributed by atoms with Crippen LogP contribution in [0.4, 0.5) is 18.9 Å². The van der Waals surface area contributed by atoms with Crippen LogP contribution < -0.4 is 9.64 Å². The van der Waals surface area contributed by atoms with Crippen molar-refractivity contribution in [3.63, 3.8) is 0 Å². The van der Waals surface area contributed by atoms with Gasteiger partial charge in [0.25, 0.3) is 0 Å². The van der Waals surface area contributed by atoms with Crippen molar-refractivity contribution in [2.75, 3.05) is 18.0 Å². The van der Waals surface area contributed by atoms with Crippen molar-refractivity contribution in [1.29, 1.82) is 0 Å². The summed E-state index contributed by atoms with van der Waals surface area (Å²) in [6.45, 7) is 4.40. The number of rotatable bonds is 4. The van der Waals surface area contributed by atoms with E-state index in [2.05, 4.69) is 22.0 Å². The number of hydrogen-bond donors (Lipinski definition) is 0. The Kier molecular flexibility index (Phi) is 4.87. The quantitative estimate of drug-likeness (QED) is 0.572. The molecule has 3 aromatic rings. The standard InChI is InChI=1S/C22H21F3N2O/c1-15-12-21(27-10-2-3-11-27)19-9-4-16(13-20(19)26-15)14-28-18-7-5-17(6-8-18)22(23,24)25/h4-9,12-13H,2-3,10-11,14H2,1H3. The van der Waals surface area contributed by atoms with E-state index in [1.807, 2.05) is 19.1 Å². The molecule has 1 aromatic heterocycles. The van der Waals surface area contributed by atoms with Gasteiger partial charge < -0.3 is 9.64 Å². The third-order valence-electron chi connectivity index (χ3n) is 5.01. The Morgan fingerprint density at radius 2 is 1.71 bits per heavy atom. The number of halogens is 3. The number of nitrogens with zero attached hydrogens (tertiary/aromatic N) is 2. The fraction of sp³-hybridized carbons (Fsp3) is 0.318. The second-order valence-corrected chi connectivity index (χ2v) is 7.14. The number of aryl methyl sites for hydroxylation is 1. The first-order valence-corrected chi connectivity index (χ1v) is 9.35. The molecule has 0 radical (unpaired) electrons. The van der Waals surface area contributed by atoms with Gasteiger partial charge in [0.2, 0.25) is 0 Å². The molecule has 4 rings (SSSR count). The minimum atomic E-state index is -4.34. The highest BCUT2D eigenvalue weighted by molar-refractivity contribution is 5.92. The summed E-state index contributed by atoms with van der Waals surface area (Å²) in [5, 5.41) is 1.12. The molecular formula is C22H21F3N2O. The van der Waals surface area contributed by atoms with Gasteiger partial charge in [0.05, 0.1) is 11.1 Å². The molecule has 2 heterocycles. The van der Waals surface area contributed by atoms with Crippen LogP contribution in [0.5, 0.6) is 5.75 Å². The summed E-state index contributed by atoms with van der Waals surface area (Å²) in [5.74, 6) is 0.406. The molecule has 1 aliphatic rings. The van der Waals surface area contributed by atoms with Gasteiger partial charge in [0, 0.05) is 29.9 Å². The van der Waals surface area contributed by atoms with Crippen molar-refractivity contribution in [3.05, 3.63) is 65.4 Å². The lowest BCUT2D eigenvalue weighted by atomic mass is 10.1. The topological polar surface area (TPSA) is 25.4 Å². The third-order valence-corrected chi connectivity index (χ3v) is 5.01. The second kappa shape index (κ2) is 7.34. The van der Waals surface area contributed by atoms with Crippen LogP contribution in [0.2, 0.25) is 0 Å². The SMILES string of the molecule is Cc1cc(N2CCCC2)c2ccc(COc3ccc(C(F)(F)F)cc3)cc2n1. The van der Waals surface area contributed by atoms with Crippen LogP contribution in [0.25, 0.3) is 10.9 Å². The van der Waals surface area contributed by atoms with Gasteiger partial charge in [0.15, 0.2) is 0 Å². The molecule has 0 N–H and O–H groups in total. The first-order chi connectivity index (χ1) is 13.4. The molecule has 1 fully saturated rings. The maximum absolute atomic E-state index is 12.6. The van der Waals surface area contributed by atoms with Crippen molar-refractivity contribution >= 4 is 16.6 Å². The van der Waals surface area contributed by atoms with E-state index in [4.69, 9.17) is 4.74 Å². The minimum absolute atomic E-state index is 0.274. The van der Waals surface area contributed by atoms with E-state index in [9.17, 15) is 13.2 Å². The van der Waals surface area contributed by atoms with E-state index in [0.717, 1.165) is 47.4 Å². The van der Waals surface area contributed by atoms with E-state index in [0.29, 0.717) is 5.75 Å². The summed E-state index contributed by atoms with van der Waals surface area (Å²) in [7, 11) is 0. The van der Waals surface area contributed by atoms with Gasteiger partial charge in [-0.2, -0.15) is 13.2 Å². The molecule has 0 amide bonds. The third kappa shape index (κ3) is 3.91. The number of fused-ring (bicyclic) bond motifs is 1. The van der Waals surface area contributed by atoms with Gasteiger partial charge in [-0.25, -0.2) is 0 Å². The van der Waals surface area contributed by atoms with Crippen LogP contribution >= 0.6 is 0 Å². The molecule has 1 aliphatic heterocycles. The lowest BCUT2D eigenvalue weighted by Crippen LogP contribution is -2.18. The molecule has 0 saturated carbocycles. The fourth-order valence-electron chi connectivity index (χ4n) is 3.60. The van der Waals surface area contributed by atoms with E-state index in [1.54, 1.807) is 0 Å². The normalized spacial score (nSPS) is 14.6. The Morgan fingerprint density at radius 3 is 2.39 bits per heavy atom. The van der Waals surface area contributed by atoms with Crippen LogP contribution in [0.15, 0.2) is 48.5 Å². The van der Waals surface area contributed by atoms with Gasteiger partial charge in [0.1, 0.15) is 12.4 Å². The Balaban J connectivity index is 1.53. The van der Waals surface area contributed by atoms with Crippen molar-refractivity contribution in [2.24, 2.45) is 0 Å². The van der Waals surface area contributed by atoms with Gasteiger partial charge >= 0.3 is 6.18 Å². The summed E-state index contributed by atoms with van der Waals surface area (Å²) >= 11 is 0. The lowest BCUT2D eigenvalue weighted by Gasteiger charge is -2.20. The number of anilines is 1. The zero-order valence-electron chi connectivity index (χ0n) is 15.6. The summed E-state index contributed by atoms with van der Waals surface area (Å²) in [4.78, 5) is 7.05. The van der Waals surface area contributed by atoms with Gasteiger partial charge in [-0.3, -0.25) is 4.98 Å². The zero-order valence-corrected chi connectivity index (χ0v) is 15.6. The van der Waals surface area contributed by atoms with E-state index >= 15 is 0 Å². The number of benzene rings is 2. The second-order valence-electron chi connectivity index (χ2n) is 7.14. The van der Waals surface area contributed by atoms with Gasteiger partial charge in [-0.1, -0.05) is 12.1 Å². The summed E-state index contributed by atoms with van der Waals surface area (Å²) in [6, 6.07) is 12.9. The minimum Gasteiger partial charge on any atom is -0.489 e. The summed E-state index contributed by atoms with van der Waals surface area (Å²) in [6.07, 6.45) is -1.92. The summed E-state index contributed by atoms with van der Waals surface area (Å²) in [5.41, 5.74) is 3.35. The number of alkyl halides is 3. The van der Waals surface area contributed by atoms with Crippen LogP contribution in [-0.2, 0) is 12.8 Å². The molecule has 6 heteroatoms. The number of ether oxygens (including phenoxy) is 1. The van der Waals surface area contributed by atoms with E-state index in [1.165, 1.54) is 30.7 Å². The van der Waals surface area contributed by atoms with Crippen LogP contribution in [0.1, 0.15) is 29.7 Å². The molecular weight excluding hydrogens is 365 g/mol. The Bertz CT molecular complexity index is 977. The maximum Gasteiger partial charge on any atom is 0.416 e. The van der Waals surface area contributed by atoms with Crippen LogP contribution in [0, 0.1) is 6.92 Å². The number of pyridine rings is 1. The van der Waals surface area contributed by atoms with Crippen molar-refractivity contribution in [2.45, 2.75) is 32.5 Å². The first-order valence-electron chi connectivity index (χ1n) is 9.35. The average Bonchev–Trinajstić information content (AvgIpc) is 3.19. The predicted octanol–water partition coefficient (Wildman–Crippen LogP) is 5.74. The monoisotopic (exact) mass is 386 g/mol. The van der Waals surface area contributed by atoms with E-state index in [-0.39, 0.29) is 6.61 Å². The molecule has 0 spiro atoms. The average molecular weight is 386 g/mol. The van der Waals surface area contributed by atoms with E-state index < -0.39 is 11.7 Å². The number of aromatic nitrogens is 1. The maximum atomic E-state index is 12.6. The molecule has 0 aliphatic carbocycles. The summed E-state index contributed by atoms with van der Waals surface area (Å²) < 4.78 is 43.6. The molecule has 146 valence electrons. The molecule has 2 aromatic carbocycles. The van der Waals surface area contributed by atoms with Crippen molar-refractivity contribution < 1.29 is 17.9 Å². The Hall–Kier alpha value is -2.76. The smallest absolute Gasteiger partial charge is 0.416 e. The molecule has 3 nitrogen and oxygen atoms in total. The Labute approximate surface area is 161 Å². The highest BCUT2D eigenvalue weighted by Crippen LogP contribution is 2.32. The highest BCUT2D eigenvalue weighted by atomic mass is 19.4. The van der Waals surface area contributed by atoms with Crippen molar-refractivity contribution in [3.8, 4) is 5.75 Å². The molecule has 1 saturated heterocycles. The highest BCUT2D eigenvalue weighted by Gasteiger charge is 2.30. The van der Waals surface area contributed by atoms with Gasteiger partial charge in [-0.05, 0) is 61.7 Å². The molecule has 0 unspecified atom stereocenters. The van der Waals surface area contributed by atoms with Crippen molar-refractivity contribution in [1.82, 2.24) is 4.98 Å². The predicted molar refractivity (Wildman–Crippen MR) is 104 cm³/mol. The molecule has 0 atom stereocenters. The number of hydrogen-bond acceptors (Lipinski definition) is 3. The van der Waals surface area contributed by atoms with Crippen LogP contribution in [0.3, 0.4) is 0 Å².